The molecule has 1 rings (SSSR count). The SMILES string of the molecule is CC/C=C(\N=C(/C)N[C@H](C)CNC=O)C(=O)Nc1cn[nH]c1. The molecule has 8 nitrogen and oxygen atoms in total. The van der Waals surface area contributed by atoms with Crippen molar-refractivity contribution in [2.45, 2.75) is 33.2 Å². The Morgan fingerprint density at radius 1 is 1.55 bits per heavy atom. The normalized spacial score (nSPS) is 13.4. The predicted molar refractivity (Wildman–Crippen MR) is 85.4 cm³/mol. The van der Waals surface area contributed by atoms with Gasteiger partial charge in [-0.15, -0.1) is 0 Å². The van der Waals surface area contributed by atoms with E-state index in [-0.39, 0.29) is 11.9 Å². The highest BCUT2D eigenvalue weighted by Gasteiger charge is 2.10. The fraction of sp³-hybridized carbons (Fsp3) is 0.429. The molecule has 0 radical (unpaired) electrons. The van der Waals surface area contributed by atoms with Gasteiger partial charge < -0.3 is 16.0 Å². The number of allylic oxidation sites excluding steroid dienone is 1. The Balaban J connectivity index is 2.69. The van der Waals surface area contributed by atoms with E-state index in [1.54, 1.807) is 19.2 Å². The van der Waals surface area contributed by atoms with Crippen molar-refractivity contribution in [2.75, 3.05) is 11.9 Å². The molecule has 8 heteroatoms. The van der Waals surface area contributed by atoms with Gasteiger partial charge in [-0.3, -0.25) is 14.7 Å². The number of aliphatic imine (C=N–C) groups is 1. The highest BCUT2D eigenvalue weighted by Crippen LogP contribution is 2.07. The van der Waals surface area contributed by atoms with Crippen molar-refractivity contribution in [2.24, 2.45) is 4.99 Å². The number of hydrogen-bond donors (Lipinski definition) is 4. The number of carbonyl (C=O) groups excluding carboxylic acids is 2. The summed E-state index contributed by atoms with van der Waals surface area (Å²) in [5, 5.41) is 14.8. The van der Waals surface area contributed by atoms with E-state index in [4.69, 9.17) is 0 Å². The van der Waals surface area contributed by atoms with Gasteiger partial charge >= 0.3 is 0 Å². The van der Waals surface area contributed by atoms with Crippen LogP contribution in [-0.2, 0) is 9.59 Å². The number of nitrogens with one attached hydrogen (secondary N) is 4. The lowest BCUT2D eigenvalue weighted by Gasteiger charge is -2.14. The van der Waals surface area contributed by atoms with E-state index in [1.165, 1.54) is 6.20 Å². The van der Waals surface area contributed by atoms with Crippen LogP contribution in [-0.4, -0.2) is 40.9 Å². The van der Waals surface area contributed by atoms with Crippen LogP contribution in [0.5, 0.6) is 0 Å². The van der Waals surface area contributed by atoms with Gasteiger partial charge in [-0.2, -0.15) is 5.10 Å². The van der Waals surface area contributed by atoms with Crippen LogP contribution < -0.4 is 16.0 Å². The van der Waals surface area contributed by atoms with Gasteiger partial charge in [-0.1, -0.05) is 13.0 Å². The maximum Gasteiger partial charge on any atom is 0.274 e. The van der Waals surface area contributed by atoms with Crippen molar-refractivity contribution < 1.29 is 9.59 Å². The van der Waals surface area contributed by atoms with Gasteiger partial charge in [-0.25, -0.2) is 4.99 Å². The second-order valence-corrected chi connectivity index (χ2v) is 4.71. The molecule has 0 unspecified atom stereocenters. The maximum absolute atomic E-state index is 12.2. The second kappa shape index (κ2) is 9.32. The van der Waals surface area contributed by atoms with E-state index in [9.17, 15) is 9.59 Å². The van der Waals surface area contributed by atoms with E-state index >= 15 is 0 Å². The van der Waals surface area contributed by atoms with Gasteiger partial charge in [0.15, 0.2) is 0 Å². The number of amides is 2. The minimum atomic E-state index is -0.303. The number of aromatic nitrogens is 2. The van der Waals surface area contributed by atoms with Gasteiger partial charge in [-0.05, 0) is 20.3 Å². The smallest absolute Gasteiger partial charge is 0.274 e. The lowest BCUT2D eigenvalue weighted by molar-refractivity contribution is -0.113. The van der Waals surface area contributed by atoms with Crippen LogP contribution in [0.1, 0.15) is 27.2 Å². The van der Waals surface area contributed by atoms with Gasteiger partial charge in [0.1, 0.15) is 5.70 Å². The Hall–Kier alpha value is -2.64. The van der Waals surface area contributed by atoms with Crippen molar-refractivity contribution in [3.63, 3.8) is 0 Å². The molecular formula is C14H22N6O2. The summed E-state index contributed by atoms with van der Waals surface area (Å²) in [5.41, 5.74) is 0.903. The van der Waals surface area contributed by atoms with E-state index < -0.39 is 0 Å². The zero-order valence-corrected chi connectivity index (χ0v) is 13.0. The van der Waals surface area contributed by atoms with Gasteiger partial charge in [0.2, 0.25) is 6.41 Å². The zero-order chi connectivity index (χ0) is 16.4. The first kappa shape index (κ1) is 17.4. The quantitative estimate of drug-likeness (QED) is 0.246. The predicted octanol–water partition coefficient (Wildman–Crippen LogP) is 0.785. The van der Waals surface area contributed by atoms with E-state index in [2.05, 4.69) is 31.1 Å². The number of H-pyrrole nitrogens is 1. The molecule has 0 fully saturated rings. The zero-order valence-electron chi connectivity index (χ0n) is 13.0. The highest BCUT2D eigenvalue weighted by molar-refractivity contribution is 6.05. The molecule has 2 amide bonds. The highest BCUT2D eigenvalue weighted by atomic mass is 16.2. The first-order valence-electron chi connectivity index (χ1n) is 7.06. The van der Waals surface area contributed by atoms with Crippen molar-refractivity contribution in [1.82, 2.24) is 20.8 Å². The van der Waals surface area contributed by atoms with Crippen LogP contribution in [0.4, 0.5) is 5.69 Å². The van der Waals surface area contributed by atoms with Crippen molar-refractivity contribution >= 4 is 23.8 Å². The van der Waals surface area contributed by atoms with Crippen LogP contribution in [0.15, 0.2) is 29.2 Å². The average Bonchev–Trinajstić information content (AvgIpc) is 2.97. The minimum Gasteiger partial charge on any atom is -0.370 e. The van der Waals surface area contributed by atoms with E-state index in [1.807, 2.05) is 13.8 Å². The molecule has 0 aliphatic heterocycles. The number of aromatic amines is 1. The number of anilines is 1. The molecule has 22 heavy (non-hydrogen) atoms. The summed E-state index contributed by atoms with van der Waals surface area (Å²) in [6.07, 6.45) is 6.18. The first-order valence-corrected chi connectivity index (χ1v) is 7.06. The summed E-state index contributed by atoms with van der Waals surface area (Å²) in [5.74, 6) is 0.297. The van der Waals surface area contributed by atoms with Crippen molar-refractivity contribution in [3.8, 4) is 0 Å². The fourth-order valence-corrected chi connectivity index (χ4v) is 1.74. The molecule has 0 saturated carbocycles. The molecule has 0 saturated heterocycles. The third-order valence-corrected chi connectivity index (χ3v) is 2.64. The lowest BCUT2D eigenvalue weighted by Crippen LogP contribution is -2.38. The molecule has 4 N–H and O–H groups in total. The molecule has 1 aromatic heterocycles. The van der Waals surface area contributed by atoms with E-state index in [0.717, 1.165) is 0 Å². The summed E-state index contributed by atoms with van der Waals surface area (Å²) >= 11 is 0. The molecular weight excluding hydrogens is 284 g/mol. The summed E-state index contributed by atoms with van der Waals surface area (Å²) in [7, 11) is 0. The molecule has 0 bridgehead atoms. The number of rotatable bonds is 8. The third kappa shape index (κ3) is 6.21. The first-order chi connectivity index (χ1) is 10.6. The Morgan fingerprint density at radius 3 is 2.91 bits per heavy atom. The van der Waals surface area contributed by atoms with E-state index in [0.29, 0.717) is 36.6 Å². The Morgan fingerprint density at radius 2 is 2.32 bits per heavy atom. The maximum atomic E-state index is 12.2. The monoisotopic (exact) mass is 306 g/mol. The Labute approximate surface area is 129 Å². The standard InChI is InChI=1S/C14H22N6O2/c1-4-5-13(14(22)20-12-7-16-17-8-12)19-11(3)18-10(2)6-15-9-21/h5,7-10H,4,6H2,1-3H3,(H,15,21)(H,16,17)(H,18,19)(H,20,22)/b13-5-/t10-/m1/s1. The summed E-state index contributed by atoms with van der Waals surface area (Å²) < 4.78 is 0. The summed E-state index contributed by atoms with van der Waals surface area (Å²) in [6, 6.07) is 0.00811. The number of hydrogen-bond acceptors (Lipinski definition) is 4. The van der Waals surface area contributed by atoms with Gasteiger partial charge in [0, 0.05) is 18.8 Å². The number of amidine groups is 1. The summed E-state index contributed by atoms with van der Waals surface area (Å²) in [4.78, 5) is 26.7. The van der Waals surface area contributed by atoms with Gasteiger partial charge in [0.05, 0.1) is 17.7 Å². The Kier molecular flexibility index (Phi) is 7.38. The molecule has 120 valence electrons. The topological polar surface area (TPSA) is 111 Å². The largest absolute Gasteiger partial charge is 0.370 e. The van der Waals surface area contributed by atoms with Crippen LogP contribution in [0.25, 0.3) is 0 Å². The van der Waals surface area contributed by atoms with Crippen LogP contribution >= 0.6 is 0 Å². The summed E-state index contributed by atoms with van der Waals surface area (Å²) in [6.45, 7) is 6.08. The van der Waals surface area contributed by atoms with Crippen LogP contribution in [0, 0.1) is 0 Å². The molecule has 1 heterocycles. The average molecular weight is 306 g/mol. The fourth-order valence-electron chi connectivity index (χ4n) is 1.74. The van der Waals surface area contributed by atoms with Crippen molar-refractivity contribution in [3.05, 3.63) is 24.2 Å². The molecule has 0 spiro atoms. The molecule has 1 atom stereocenters. The second-order valence-electron chi connectivity index (χ2n) is 4.71. The van der Waals surface area contributed by atoms with Crippen LogP contribution in [0.2, 0.25) is 0 Å². The number of nitrogens with zero attached hydrogens (tertiary/aromatic N) is 2. The molecule has 1 aromatic rings. The Bertz CT molecular complexity index is 536. The minimum absolute atomic E-state index is 0.00811. The van der Waals surface area contributed by atoms with Gasteiger partial charge in [0.25, 0.3) is 5.91 Å². The molecule has 0 aliphatic rings. The van der Waals surface area contributed by atoms with Crippen LogP contribution in [0.3, 0.4) is 0 Å². The third-order valence-electron chi connectivity index (χ3n) is 2.64. The molecule has 0 aromatic carbocycles. The lowest BCUT2D eigenvalue weighted by atomic mass is 10.3. The molecule has 0 aliphatic carbocycles. The van der Waals surface area contributed by atoms with Crippen molar-refractivity contribution in [1.29, 1.82) is 0 Å². The number of carbonyl (C=O) groups is 2.